The van der Waals surface area contributed by atoms with Crippen molar-refractivity contribution >= 4 is 5.97 Å². The third-order valence-corrected chi connectivity index (χ3v) is 2.13. The molecule has 4 heteroatoms. The van der Waals surface area contributed by atoms with E-state index >= 15 is 0 Å². The van der Waals surface area contributed by atoms with Gasteiger partial charge in [-0.3, -0.25) is 0 Å². The van der Waals surface area contributed by atoms with Gasteiger partial charge < -0.3 is 14.4 Å². The van der Waals surface area contributed by atoms with E-state index in [9.17, 15) is 4.79 Å². The number of ether oxygens (including phenoxy) is 1. The maximum Gasteiger partial charge on any atom is 0.354 e. The van der Waals surface area contributed by atoms with E-state index in [-0.39, 0.29) is 18.5 Å². The lowest BCUT2D eigenvalue weighted by atomic mass is 10.2. The van der Waals surface area contributed by atoms with Crippen LogP contribution in [0.3, 0.4) is 0 Å². The maximum absolute atomic E-state index is 11.5. The van der Waals surface area contributed by atoms with Crippen LogP contribution in [0.4, 0.5) is 0 Å². The van der Waals surface area contributed by atoms with E-state index in [0.29, 0.717) is 18.8 Å². The Balaban J connectivity index is 2.73. The first kappa shape index (κ1) is 11.8. The van der Waals surface area contributed by atoms with Gasteiger partial charge in [-0.25, -0.2) is 4.79 Å². The van der Waals surface area contributed by atoms with Gasteiger partial charge >= 0.3 is 5.97 Å². The average Bonchev–Trinajstić information content (AvgIpc) is 2.66. The molecule has 1 aromatic heterocycles. The molecule has 4 nitrogen and oxygen atoms in total. The monoisotopic (exact) mass is 211 g/mol. The molecule has 0 spiro atoms. The first-order valence-corrected chi connectivity index (χ1v) is 5.12. The summed E-state index contributed by atoms with van der Waals surface area (Å²) in [6.07, 6.45) is 1.82. The Morgan fingerprint density at radius 2 is 2.40 bits per heavy atom. The fourth-order valence-corrected chi connectivity index (χ4v) is 1.36. The number of carbonyl (C=O) groups is 1. The fraction of sp³-hybridized carbons (Fsp3) is 0.545. The van der Waals surface area contributed by atoms with Gasteiger partial charge in [-0.05, 0) is 25.0 Å². The highest BCUT2D eigenvalue weighted by Crippen LogP contribution is 2.08. The van der Waals surface area contributed by atoms with Crippen LogP contribution in [0.5, 0.6) is 0 Å². The normalized spacial score (nSPS) is 12.5. The molecule has 1 heterocycles. The standard InChI is InChI=1S/C11H17NO3/c1-3-15-11(14)10-5-4-6-12(10)7-9(2)8-13/h4-6,9,13H,3,7-8H2,1-2H3. The highest BCUT2D eigenvalue weighted by molar-refractivity contribution is 5.87. The molecule has 0 saturated heterocycles. The molecule has 0 aliphatic heterocycles. The second-order valence-electron chi connectivity index (χ2n) is 3.55. The fourth-order valence-electron chi connectivity index (χ4n) is 1.36. The highest BCUT2D eigenvalue weighted by Gasteiger charge is 2.12. The van der Waals surface area contributed by atoms with Gasteiger partial charge in [0.1, 0.15) is 5.69 Å². The van der Waals surface area contributed by atoms with Crippen molar-refractivity contribution in [2.24, 2.45) is 5.92 Å². The predicted octanol–water partition coefficient (Wildman–Crippen LogP) is 1.29. The zero-order valence-corrected chi connectivity index (χ0v) is 9.14. The lowest BCUT2D eigenvalue weighted by molar-refractivity contribution is 0.0511. The van der Waals surface area contributed by atoms with Gasteiger partial charge in [0.15, 0.2) is 0 Å². The lowest BCUT2D eigenvalue weighted by Gasteiger charge is -2.12. The number of hydrogen-bond donors (Lipinski definition) is 1. The van der Waals surface area contributed by atoms with Crippen molar-refractivity contribution in [1.29, 1.82) is 0 Å². The number of aliphatic hydroxyl groups is 1. The van der Waals surface area contributed by atoms with E-state index in [4.69, 9.17) is 9.84 Å². The second kappa shape index (κ2) is 5.56. The minimum absolute atomic E-state index is 0.112. The summed E-state index contributed by atoms with van der Waals surface area (Å²) in [5.74, 6) is -0.182. The third kappa shape index (κ3) is 3.09. The van der Waals surface area contributed by atoms with Crippen molar-refractivity contribution in [2.75, 3.05) is 13.2 Å². The molecule has 0 aliphatic carbocycles. The van der Waals surface area contributed by atoms with Crippen LogP contribution >= 0.6 is 0 Å². The summed E-state index contributed by atoms with van der Waals surface area (Å²) >= 11 is 0. The van der Waals surface area contributed by atoms with Crippen LogP contribution in [0, 0.1) is 5.92 Å². The Hall–Kier alpha value is -1.29. The Morgan fingerprint density at radius 1 is 1.67 bits per heavy atom. The van der Waals surface area contributed by atoms with Crippen LogP contribution in [0.2, 0.25) is 0 Å². The number of hydrogen-bond acceptors (Lipinski definition) is 3. The highest BCUT2D eigenvalue weighted by atomic mass is 16.5. The van der Waals surface area contributed by atoms with Crippen molar-refractivity contribution in [3.05, 3.63) is 24.0 Å². The molecule has 0 fully saturated rings. The van der Waals surface area contributed by atoms with Crippen molar-refractivity contribution < 1.29 is 14.6 Å². The Kier molecular flexibility index (Phi) is 4.37. The topological polar surface area (TPSA) is 51.5 Å². The number of carbonyl (C=O) groups excluding carboxylic acids is 1. The van der Waals surface area contributed by atoms with E-state index in [2.05, 4.69) is 0 Å². The van der Waals surface area contributed by atoms with Gasteiger partial charge in [0.2, 0.25) is 0 Å². The van der Waals surface area contributed by atoms with E-state index in [0.717, 1.165) is 0 Å². The second-order valence-corrected chi connectivity index (χ2v) is 3.55. The zero-order valence-electron chi connectivity index (χ0n) is 9.14. The molecule has 1 aromatic rings. The molecule has 84 valence electrons. The van der Waals surface area contributed by atoms with E-state index in [1.54, 1.807) is 23.6 Å². The summed E-state index contributed by atoms with van der Waals surface area (Å²) in [6, 6.07) is 3.53. The van der Waals surface area contributed by atoms with Crippen molar-refractivity contribution in [3.8, 4) is 0 Å². The first-order valence-electron chi connectivity index (χ1n) is 5.12. The summed E-state index contributed by atoms with van der Waals surface area (Å²) in [4.78, 5) is 11.5. The van der Waals surface area contributed by atoms with Crippen LogP contribution in [0.15, 0.2) is 18.3 Å². The minimum Gasteiger partial charge on any atom is -0.461 e. The van der Waals surface area contributed by atoms with Gasteiger partial charge in [0.25, 0.3) is 0 Å². The van der Waals surface area contributed by atoms with Gasteiger partial charge in [-0.1, -0.05) is 6.92 Å². The molecule has 1 N–H and O–H groups in total. The lowest BCUT2D eigenvalue weighted by Crippen LogP contribution is -2.16. The van der Waals surface area contributed by atoms with E-state index in [1.165, 1.54) is 0 Å². The summed E-state index contributed by atoms with van der Waals surface area (Å²) in [7, 11) is 0. The van der Waals surface area contributed by atoms with Crippen LogP contribution < -0.4 is 0 Å². The molecule has 1 atom stereocenters. The molecule has 0 aliphatic rings. The molecule has 1 rings (SSSR count). The van der Waals surface area contributed by atoms with Crippen LogP contribution in [-0.2, 0) is 11.3 Å². The summed E-state index contributed by atoms with van der Waals surface area (Å²) in [6.45, 7) is 4.81. The average molecular weight is 211 g/mol. The molecule has 1 unspecified atom stereocenters. The predicted molar refractivity (Wildman–Crippen MR) is 56.6 cm³/mol. The first-order chi connectivity index (χ1) is 7.19. The summed E-state index contributed by atoms with van der Waals surface area (Å²) < 4.78 is 6.72. The maximum atomic E-state index is 11.5. The number of aromatic nitrogens is 1. The number of aliphatic hydroxyl groups excluding tert-OH is 1. The largest absolute Gasteiger partial charge is 0.461 e. The number of esters is 1. The van der Waals surface area contributed by atoms with E-state index < -0.39 is 0 Å². The van der Waals surface area contributed by atoms with Gasteiger partial charge in [-0.15, -0.1) is 0 Å². The van der Waals surface area contributed by atoms with Crippen LogP contribution in [-0.4, -0.2) is 28.9 Å². The van der Waals surface area contributed by atoms with Gasteiger partial charge in [0, 0.05) is 19.3 Å². The Bertz CT molecular complexity index is 319. The molecule has 0 aromatic carbocycles. The van der Waals surface area contributed by atoms with Crippen molar-refractivity contribution in [2.45, 2.75) is 20.4 Å². The molecular formula is C11H17NO3. The molecular weight excluding hydrogens is 194 g/mol. The Morgan fingerprint density at radius 3 is 3.00 bits per heavy atom. The van der Waals surface area contributed by atoms with Crippen LogP contribution in [0.1, 0.15) is 24.3 Å². The van der Waals surface area contributed by atoms with Crippen molar-refractivity contribution in [1.82, 2.24) is 4.57 Å². The van der Waals surface area contributed by atoms with E-state index in [1.807, 2.05) is 13.1 Å². The number of nitrogens with zero attached hydrogens (tertiary/aromatic N) is 1. The summed E-state index contributed by atoms with van der Waals surface area (Å²) in [5, 5.41) is 8.94. The molecule has 0 saturated carbocycles. The SMILES string of the molecule is CCOC(=O)c1cccn1CC(C)CO. The minimum atomic E-state index is -0.312. The van der Waals surface area contributed by atoms with Crippen molar-refractivity contribution in [3.63, 3.8) is 0 Å². The molecule has 0 radical (unpaired) electrons. The molecule has 15 heavy (non-hydrogen) atoms. The molecule has 0 amide bonds. The number of rotatable bonds is 5. The quantitative estimate of drug-likeness (QED) is 0.747. The van der Waals surface area contributed by atoms with Crippen LogP contribution in [0.25, 0.3) is 0 Å². The van der Waals surface area contributed by atoms with Gasteiger partial charge in [-0.2, -0.15) is 0 Å². The molecule has 0 bridgehead atoms. The summed E-state index contributed by atoms with van der Waals surface area (Å²) in [5.41, 5.74) is 0.539. The third-order valence-electron chi connectivity index (χ3n) is 2.13. The smallest absolute Gasteiger partial charge is 0.354 e. The Labute approximate surface area is 89.5 Å². The van der Waals surface area contributed by atoms with Gasteiger partial charge in [0.05, 0.1) is 6.61 Å². The zero-order chi connectivity index (χ0) is 11.3.